The van der Waals surface area contributed by atoms with E-state index in [0.717, 1.165) is 12.8 Å². The lowest BCUT2D eigenvalue weighted by Gasteiger charge is -2.07. The van der Waals surface area contributed by atoms with Crippen molar-refractivity contribution in [1.82, 2.24) is 10.6 Å². The van der Waals surface area contributed by atoms with Crippen molar-refractivity contribution >= 4 is 11.9 Å². The molecular weight excluding hydrogens is 182 g/mol. The molecule has 0 unspecified atom stereocenters. The van der Waals surface area contributed by atoms with Crippen LogP contribution in [0.2, 0.25) is 0 Å². The molecule has 0 aromatic rings. The molecular formula is C9H19N3O2. The van der Waals surface area contributed by atoms with E-state index in [-0.39, 0.29) is 11.9 Å². The van der Waals surface area contributed by atoms with Crippen LogP contribution in [0, 0.1) is 0 Å². The molecule has 3 amide bonds. The highest BCUT2D eigenvalue weighted by Crippen LogP contribution is 1.94. The molecule has 0 aliphatic heterocycles. The SMILES string of the molecule is CC(C)NC(=O)CCCCNC(N)=O. The number of carbonyl (C=O) groups is 2. The molecule has 0 saturated carbocycles. The number of primary amides is 1. The lowest BCUT2D eigenvalue weighted by Crippen LogP contribution is -2.31. The number of hydrogen-bond donors (Lipinski definition) is 3. The van der Waals surface area contributed by atoms with Crippen molar-refractivity contribution < 1.29 is 9.59 Å². The minimum atomic E-state index is -0.517. The average molecular weight is 201 g/mol. The van der Waals surface area contributed by atoms with Gasteiger partial charge in [-0.3, -0.25) is 4.79 Å². The van der Waals surface area contributed by atoms with Crippen LogP contribution in [-0.4, -0.2) is 24.5 Å². The molecule has 5 nitrogen and oxygen atoms in total. The van der Waals surface area contributed by atoms with E-state index in [9.17, 15) is 9.59 Å². The van der Waals surface area contributed by atoms with Crippen molar-refractivity contribution in [3.63, 3.8) is 0 Å². The number of hydrogen-bond acceptors (Lipinski definition) is 2. The second-order valence-corrected chi connectivity index (χ2v) is 3.47. The molecule has 0 aliphatic carbocycles. The van der Waals surface area contributed by atoms with Gasteiger partial charge in [0.05, 0.1) is 0 Å². The highest BCUT2D eigenvalue weighted by atomic mass is 16.2. The van der Waals surface area contributed by atoms with Crippen LogP contribution in [0.4, 0.5) is 4.79 Å². The Bertz CT molecular complexity index is 192. The molecule has 0 heterocycles. The van der Waals surface area contributed by atoms with E-state index in [4.69, 9.17) is 5.73 Å². The number of carbonyl (C=O) groups excluding carboxylic acids is 2. The van der Waals surface area contributed by atoms with E-state index < -0.39 is 6.03 Å². The summed E-state index contributed by atoms with van der Waals surface area (Å²) in [6, 6.07) is -0.331. The summed E-state index contributed by atoms with van der Waals surface area (Å²) in [7, 11) is 0. The fourth-order valence-electron chi connectivity index (χ4n) is 1.02. The summed E-state index contributed by atoms with van der Waals surface area (Å²) >= 11 is 0. The quantitative estimate of drug-likeness (QED) is 0.542. The zero-order valence-corrected chi connectivity index (χ0v) is 8.80. The van der Waals surface area contributed by atoms with Crippen LogP contribution in [0.5, 0.6) is 0 Å². The van der Waals surface area contributed by atoms with Crippen molar-refractivity contribution in [3.8, 4) is 0 Å². The van der Waals surface area contributed by atoms with E-state index in [2.05, 4.69) is 10.6 Å². The normalized spacial score (nSPS) is 9.93. The van der Waals surface area contributed by atoms with Crippen LogP contribution in [0.25, 0.3) is 0 Å². The van der Waals surface area contributed by atoms with Crippen LogP contribution in [-0.2, 0) is 4.79 Å². The first-order valence-electron chi connectivity index (χ1n) is 4.85. The summed E-state index contributed by atoms with van der Waals surface area (Å²) in [5.74, 6) is 0.0547. The number of rotatable bonds is 6. The molecule has 0 aromatic heterocycles. The van der Waals surface area contributed by atoms with Crippen LogP contribution < -0.4 is 16.4 Å². The zero-order valence-electron chi connectivity index (χ0n) is 8.80. The molecule has 0 bridgehead atoms. The molecule has 0 saturated heterocycles. The van der Waals surface area contributed by atoms with Crippen LogP contribution in [0.1, 0.15) is 33.1 Å². The Morgan fingerprint density at radius 3 is 2.43 bits per heavy atom. The van der Waals surface area contributed by atoms with Gasteiger partial charge in [-0.25, -0.2) is 4.79 Å². The Balaban J connectivity index is 3.27. The molecule has 82 valence electrons. The standard InChI is InChI=1S/C9H19N3O2/c1-7(2)12-8(13)5-3-4-6-11-9(10)14/h7H,3-6H2,1-2H3,(H,12,13)(H3,10,11,14). The van der Waals surface area contributed by atoms with Crippen LogP contribution in [0.15, 0.2) is 0 Å². The maximum Gasteiger partial charge on any atom is 0.312 e. The van der Waals surface area contributed by atoms with Gasteiger partial charge in [-0.15, -0.1) is 0 Å². The van der Waals surface area contributed by atoms with Gasteiger partial charge in [-0.1, -0.05) is 0 Å². The van der Waals surface area contributed by atoms with Gasteiger partial charge in [0.2, 0.25) is 5.91 Å². The zero-order chi connectivity index (χ0) is 11.0. The van der Waals surface area contributed by atoms with Crippen molar-refractivity contribution in [1.29, 1.82) is 0 Å². The van der Waals surface area contributed by atoms with Gasteiger partial charge in [0.1, 0.15) is 0 Å². The molecule has 14 heavy (non-hydrogen) atoms. The van der Waals surface area contributed by atoms with E-state index in [1.807, 2.05) is 13.8 Å². The summed E-state index contributed by atoms with van der Waals surface area (Å²) in [4.78, 5) is 21.4. The molecule has 0 fully saturated rings. The second kappa shape index (κ2) is 7.17. The Labute approximate surface area is 84.4 Å². The highest BCUT2D eigenvalue weighted by molar-refractivity contribution is 5.76. The van der Waals surface area contributed by atoms with Crippen molar-refractivity contribution in [2.24, 2.45) is 5.73 Å². The maximum atomic E-state index is 11.1. The Morgan fingerprint density at radius 2 is 1.93 bits per heavy atom. The molecule has 4 N–H and O–H groups in total. The smallest absolute Gasteiger partial charge is 0.312 e. The third-order valence-electron chi connectivity index (χ3n) is 1.58. The van der Waals surface area contributed by atoms with Gasteiger partial charge >= 0.3 is 6.03 Å². The minimum Gasteiger partial charge on any atom is -0.354 e. The molecule has 0 radical (unpaired) electrons. The predicted molar refractivity (Wildman–Crippen MR) is 54.7 cm³/mol. The lowest BCUT2D eigenvalue weighted by atomic mass is 10.2. The summed E-state index contributed by atoms with van der Waals surface area (Å²) in [6.45, 7) is 4.38. The van der Waals surface area contributed by atoms with Crippen molar-refractivity contribution in [2.45, 2.75) is 39.2 Å². The number of nitrogens with two attached hydrogens (primary N) is 1. The summed E-state index contributed by atoms with van der Waals surface area (Å²) < 4.78 is 0. The third-order valence-corrected chi connectivity index (χ3v) is 1.58. The largest absolute Gasteiger partial charge is 0.354 e. The molecule has 0 rings (SSSR count). The maximum absolute atomic E-state index is 11.1. The first-order valence-corrected chi connectivity index (χ1v) is 4.85. The van der Waals surface area contributed by atoms with E-state index in [1.165, 1.54) is 0 Å². The Hall–Kier alpha value is -1.26. The Kier molecular flexibility index (Phi) is 6.53. The van der Waals surface area contributed by atoms with Gasteiger partial charge in [0, 0.05) is 19.0 Å². The van der Waals surface area contributed by atoms with Crippen molar-refractivity contribution in [2.75, 3.05) is 6.54 Å². The molecule has 5 heteroatoms. The van der Waals surface area contributed by atoms with Gasteiger partial charge < -0.3 is 16.4 Å². The van der Waals surface area contributed by atoms with E-state index in [0.29, 0.717) is 13.0 Å². The summed E-state index contributed by atoms with van der Waals surface area (Å²) in [6.07, 6.45) is 2.03. The topological polar surface area (TPSA) is 84.2 Å². The van der Waals surface area contributed by atoms with Gasteiger partial charge in [0.15, 0.2) is 0 Å². The summed E-state index contributed by atoms with van der Waals surface area (Å²) in [5.41, 5.74) is 4.87. The predicted octanol–water partition coefficient (Wildman–Crippen LogP) is 0.350. The van der Waals surface area contributed by atoms with E-state index in [1.54, 1.807) is 0 Å². The lowest BCUT2D eigenvalue weighted by molar-refractivity contribution is -0.121. The van der Waals surface area contributed by atoms with Gasteiger partial charge in [0.25, 0.3) is 0 Å². The molecule has 0 aliphatic rings. The fraction of sp³-hybridized carbons (Fsp3) is 0.778. The molecule has 0 atom stereocenters. The second-order valence-electron chi connectivity index (χ2n) is 3.47. The van der Waals surface area contributed by atoms with E-state index >= 15 is 0 Å². The monoisotopic (exact) mass is 201 g/mol. The fourth-order valence-corrected chi connectivity index (χ4v) is 1.02. The number of nitrogens with one attached hydrogen (secondary N) is 2. The van der Waals surface area contributed by atoms with Gasteiger partial charge in [-0.05, 0) is 26.7 Å². The third kappa shape index (κ3) is 8.83. The Morgan fingerprint density at radius 1 is 1.29 bits per heavy atom. The number of amides is 3. The van der Waals surface area contributed by atoms with Crippen molar-refractivity contribution in [3.05, 3.63) is 0 Å². The molecule has 0 aromatic carbocycles. The average Bonchev–Trinajstić information content (AvgIpc) is 2.01. The van der Waals surface area contributed by atoms with Crippen LogP contribution in [0.3, 0.4) is 0 Å². The number of urea groups is 1. The van der Waals surface area contributed by atoms with Crippen LogP contribution >= 0.6 is 0 Å². The summed E-state index contributed by atoms with van der Waals surface area (Å²) in [5, 5.41) is 5.26. The first kappa shape index (κ1) is 12.7. The molecule has 0 spiro atoms. The highest BCUT2D eigenvalue weighted by Gasteiger charge is 2.02. The number of unbranched alkanes of at least 4 members (excludes halogenated alkanes) is 1. The van der Waals surface area contributed by atoms with Gasteiger partial charge in [-0.2, -0.15) is 0 Å². The first-order chi connectivity index (χ1) is 6.52. The minimum absolute atomic E-state index is 0.0547.